The molecule has 1 atom stereocenters. The Morgan fingerprint density at radius 3 is 2.26 bits per heavy atom. The lowest BCUT2D eigenvalue weighted by molar-refractivity contribution is 0.0979. The molecule has 0 fully saturated rings. The SMILES string of the molecule is CC(C)c1ccc(C(C#N)C(=O)c2ccsc2)cc1. The van der Waals surface area contributed by atoms with Crippen molar-refractivity contribution in [3.8, 4) is 6.07 Å². The zero-order valence-corrected chi connectivity index (χ0v) is 11.8. The Morgan fingerprint density at radius 1 is 1.16 bits per heavy atom. The van der Waals surface area contributed by atoms with Gasteiger partial charge in [0, 0.05) is 10.9 Å². The third-order valence-electron chi connectivity index (χ3n) is 3.13. The second kappa shape index (κ2) is 5.81. The molecule has 0 radical (unpaired) electrons. The normalized spacial score (nSPS) is 12.1. The van der Waals surface area contributed by atoms with Crippen molar-refractivity contribution in [1.82, 2.24) is 0 Å². The number of ketones is 1. The first-order chi connectivity index (χ1) is 9.13. The molecule has 2 aromatic rings. The smallest absolute Gasteiger partial charge is 0.185 e. The van der Waals surface area contributed by atoms with Crippen LogP contribution in [0.1, 0.15) is 47.2 Å². The summed E-state index contributed by atoms with van der Waals surface area (Å²) < 4.78 is 0. The molecule has 0 spiro atoms. The molecule has 1 heterocycles. The van der Waals surface area contributed by atoms with Crippen LogP contribution in [0, 0.1) is 11.3 Å². The van der Waals surface area contributed by atoms with Gasteiger partial charge in [0.2, 0.25) is 0 Å². The Morgan fingerprint density at radius 2 is 1.79 bits per heavy atom. The first-order valence-corrected chi connectivity index (χ1v) is 7.13. The highest BCUT2D eigenvalue weighted by atomic mass is 32.1. The molecule has 96 valence electrons. The minimum absolute atomic E-state index is 0.124. The predicted octanol–water partition coefficient (Wildman–Crippen LogP) is 4.36. The summed E-state index contributed by atoms with van der Waals surface area (Å²) in [7, 11) is 0. The maximum Gasteiger partial charge on any atom is 0.185 e. The fourth-order valence-electron chi connectivity index (χ4n) is 1.93. The Bertz CT molecular complexity index is 591. The fraction of sp³-hybridized carbons (Fsp3) is 0.250. The zero-order valence-electron chi connectivity index (χ0n) is 11.0. The van der Waals surface area contributed by atoms with E-state index in [0.29, 0.717) is 11.5 Å². The van der Waals surface area contributed by atoms with Gasteiger partial charge in [-0.15, -0.1) is 0 Å². The first-order valence-electron chi connectivity index (χ1n) is 6.19. The highest BCUT2D eigenvalue weighted by Crippen LogP contribution is 2.24. The highest BCUT2D eigenvalue weighted by molar-refractivity contribution is 7.08. The number of rotatable bonds is 4. The van der Waals surface area contributed by atoms with Crippen LogP contribution in [0.15, 0.2) is 41.1 Å². The summed E-state index contributed by atoms with van der Waals surface area (Å²) >= 11 is 1.47. The van der Waals surface area contributed by atoms with Gasteiger partial charge in [-0.2, -0.15) is 16.6 Å². The van der Waals surface area contributed by atoms with E-state index in [1.807, 2.05) is 29.6 Å². The number of carbonyl (C=O) groups is 1. The van der Waals surface area contributed by atoms with E-state index in [4.69, 9.17) is 0 Å². The van der Waals surface area contributed by atoms with Crippen LogP contribution in [0.25, 0.3) is 0 Å². The molecule has 2 rings (SSSR count). The Hall–Kier alpha value is -1.92. The lowest BCUT2D eigenvalue weighted by atomic mass is 9.91. The molecule has 1 aromatic heterocycles. The monoisotopic (exact) mass is 269 g/mol. The lowest BCUT2D eigenvalue weighted by Gasteiger charge is -2.10. The van der Waals surface area contributed by atoms with Crippen molar-refractivity contribution >= 4 is 17.1 Å². The molecule has 19 heavy (non-hydrogen) atoms. The molecule has 0 amide bonds. The molecule has 0 aliphatic rings. The molecular formula is C16H15NOS. The van der Waals surface area contributed by atoms with E-state index in [1.54, 1.807) is 11.4 Å². The second-order valence-electron chi connectivity index (χ2n) is 4.76. The number of nitrogens with zero attached hydrogens (tertiary/aromatic N) is 1. The van der Waals surface area contributed by atoms with E-state index in [2.05, 4.69) is 19.9 Å². The summed E-state index contributed by atoms with van der Waals surface area (Å²) in [4.78, 5) is 12.2. The van der Waals surface area contributed by atoms with Crippen LogP contribution in [-0.2, 0) is 0 Å². The summed E-state index contributed by atoms with van der Waals surface area (Å²) in [5.74, 6) is -0.390. The quantitative estimate of drug-likeness (QED) is 0.774. The molecule has 1 unspecified atom stereocenters. The highest BCUT2D eigenvalue weighted by Gasteiger charge is 2.21. The van der Waals surface area contributed by atoms with Gasteiger partial charge in [0.25, 0.3) is 0 Å². The fourth-order valence-corrected chi connectivity index (χ4v) is 2.57. The van der Waals surface area contributed by atoms with Crippen LogP contribution in [0.3, 0.4) is 0 Å². The molecule has 0 aliphatic heterocycles. The summed E-state index contributed by atoms with van der Waals surface area (Å²) in [5, 5.41) is 12.9. The van der Waals surface area contributed by atoms with Gasteiger partial charge in [0.05, 0.1) is 6.07 Å². The summed E-state index contributed by atoms with van der Waals surface area (Å²) in [6.07, 6.45) is 0. The van der Waals surface area contributed by atoms with Gasteiger partial charge in [-0.1, -0.05) is 38.1 Å². The van der Waals surface area contributed by atoms with E-state index in [9.17, 15) is 10.1 Å². The molecule has 0 saturated heterocycles. The van der Waals surface area contributed by atoms with Crippen LogP contribution in [-0.4, -0.2) is 5.78 Å². The van der Waals surface area contributed by atoms with Crippen molar-refractivity contribution in [3.05, 3.63) is 57.8 Å². The van der Waals surface area contributed by atoms with E-state index >= 15 is 0 Å². The number of Topliss-reactive ketones (excluding diaryl/α,β-unsaturated/α-hetero) is 1. The van der Waals surface area contributed by atoms with E-state index < -0.39 is 5.92 Å². The van der Waals surface area contributed by atoms with Crippen molar-refractivity contribution in [2.45, 2.75) is 25.7 Å². The van der Waals surface area contributed by atoms with Crippen molar-refractivity contribution in [1.29, 1.82) is 5.26 Å². The summed E-state index contributed by atoms with van der Waals surface area (Å²) in [6, 6.07) is 11.6. The van der Waals surface area contributed by atoms with E-state index in [0.717, 1.165) is 5.56 Å². The van der Waals surface area contributed by atoms with E-state index in [-0.39, 0.29) is 5.78 Å². The van der Waals surface area contributed by atoms with Crippen molar-refractivity contribution in [2.75, 3.05) is 0 Å². The number of hydrogen-bond donors (Lipinski definition) is 0. The Labute approximate surface area is 117 Å². The Balaban J connectivity index is 2.28. The van der Waals surface area contributed by atoms with Crippen molar-refractivity contribution in [2.24, 2.45) is 0 Å². The Kier molecular flexibility index (Phi) is 4.13. The standard InChI is InChI=1S/C16H15NOS/c1-11(2)12-3-5-13(6-4-12)15(9-17)16(18)14-7-8-19-10-14/h3-8,10-11,15H,1-2H3. The van der Waals surface area contributed by atoms with Crippen LogP contribution in [0.5, 0.6) is 0 Å². The van der Waals surface area contributed by atoms with Gasteiger partial charge in [-0.05, 0) is 28.5 Å². The molecule has 3 heteroatoms. The summed E-state index contributed by atoms with van der Waals surface area (Å²) in [5.41, 5.74) is 2.59. The average molecular weight is 269 g/mol. The van der Waals surface area contributed by atoms with Crippen LogP contribution >= 0.6 is 11.3 Å². The molecule has 0 bridgehead atoms. The number of carbonyl (C=O) groups excluding carboxylic acids is 1. The third kappa shape index (κ3) is 2.91. The molecule has 0 N–H and O–H groups in total. The van der Waals surface area contributed by atoms with Gasteiger partial charge < -0.3 is 0 Å². The zero-order chi connectivity index (χ0) is 13.8. The second-order valence-corrected chi connectivity index (χ2v) is 5.54. The van der Waals surface area contributed by atoms with Gasteiger partial charge in [-0.3, -0.25) is 4.79 Å². The lowest BCUT2D eigenvalue weighted by Crippen LogP contribution is -2.10. The minimum Gasteiger partial charge on any atom is -0.292 e. The maximum atomic E-state index is 12.2. The molecular weight excluding hydrogens is 254 g/mol. The number of nitriles is 1. The third-order valence-corrected chi connectivity index (χ3v) is 3.82. The molecule has 0 aliphatic carbocycles. The van der Waals surface area contributed by atoms with Gasteiger partial charge in [-0.25, -0.2) is 0 Å². The number of thiophene rings is 1. The van der Waals surface area contributed by atoms with Crippen LogP contribution in [0.2, 0.25) is 0 Å². The van der Waals surface area contributed by atoms with Crippen molar-refractivity contribution in [3.63, 3.8) is 0 Å². The van der Waals surface area contributed by atoms with Crippen LogP contribution in [0.4, 0.5) is 0 Å². The van der Waals surface area contributed by atoms with E-state index in [1.165, 1.54) is 16.9 Å². The molecule has 0 saturated carbocycles. The predicted molar refractivity (Wildman–Crippen MR) is 77.5 cm³/mol. The first kappa shape index (κ1) is 13.5. The maximum absolute atomic E-state index is 12.2. The molecule has 1 aromatic carbocycles. The topological polar surface area (TPSA) is 40.9 Å². The van der Waals surface area contributed by atoms with Crippen molar-refractivity contribution < 1.29 is 4.79 Å². The number of benzene rings is 1. The van der Waals surface area contributed by atoms with Crippen LogP contribution < -0.4 is 0 Å². The minimum atomic E-state index is -0.712. The van der Waals surface area contributed by atoms with Gasteiger partial charge in [0.1, 0.15) is 5.92 Å². The number of hydrogen-bond acceptors (Lipinski definition) is 3. The largest absolute Gasteiger partial charge is 0.292 e. The molecule has 2 nitrogen and oxygen atoms in total. The van der Waals surface area contributed by atoms with Gasteiger partial charge in [0.15, 0.2) is 5.78 Å². The summed E-state index contributed by atoms with van der Waals surface area (Å²) in [6.45, 7) is 4.24. The van der Waals surface area contributed by atoms with Gasteiger partial charge >= 0.3 is 0 Å². The average Bonchev–Trinajstić information content (AvgIpc) is 2.94.